The minimum atomic E-state index is 0. The minimum Gasteiger partial charge on any atom is -0.512 e. The van der Waals surface area contributed by atoms with Gasteiger partial charge in [-0.3, -0.25) is 14.8 Å². The van der Waals surface area contributed by atoms with Gasteiger partial charge >= 0.3 is 0 Å². The van der Waals surface area contributed by atoms with Crippen molar-refractivity contribution in [3.05, 3.63) is 170 Å². The first-order chi connectivity index (χ1) is 29.9. The van der Waals surface area contributed by atoms with Crippen molar-refractivity contribution in [1.29, 1.82) is 0 Å². The standard InChI is InChI=1S/2C21H12NO.C13H24O2.Ir/c2*1-2-6-15-13-16(10-9-14(15)5-1)20-21-18(11-12-23-21)17-7-3-4-8-19(17)22-20;1-5-10(6-2)12(14)9-13(15)11(7-3)8-4;/h2*1-12H;9-11,14H,5-8H2,1-4H3;/q2*-1;;/b;;12-9-;. The molecule has 4 aromatic heterocycles. The number of carbonyl (C=O) groups is 1. The third-order valence-electron chi connectivity index (χ3n) is 11.5. The van der Waals surface area contributed by atoms with Gasteiger partial charge in [-0.25, -0.2) is 0 Å². The monoisotopic (exact) mass is 993 g/mol. The van der Waals surface area contributed by atoms with Crippen LogP contribution in [-0.4, -0.2) is 20.9 Å². The molecule has 1 N–H and O–H groups in total. The molecule has 62 heavy (non-hydrogen) atoms. The largest absolute Gasteiger partial charge is 0.512 e. The average Bonchev–Trinajstić information content (AvgIpc) is 4.01. The molecule has 7 heteroatoms. The van der Waals surface area contributed by atoms with E-state index >= 15 is 0 Å². The van der Waals surface area contributed by atoms with E-state index in [2.05, 4.69) is 72.8 Å². The maximum absolute atomic E-state index is 11.7. The molecule has 0 aliphatic carbocycles. The summed E-state index contributed by atoms with van der Waals surface area (Å²) < 4.78 is 11.5. The minimum absolute atomic E-state index is 0. The third-order valence-corrected chi connectivity index (χ3v) is 11.5. The number of fused-ring (bicyclic) bond motifs is 8. The number of aromatic nitrogens is 2. The van der Waals surface area contributed by atoms with Crippen LogP contribution in [0.3, 0.4) is 0 Å². The summed E-state index contributed by atoms with van der Waals surface area (Å²) in [6.07, 6.45) is 8.36. The molecular weight excluding hydrogens is 945 g/mol. The van der Waals surface area contributed by atoms with Crippen molar-refractivity contribution in [2.24, 2.45) is 11.8 Å². The van der Waals surface area contributed by atoms with Crippen LogP contribution in [0, 0.1) is 24.0 Å². The Morgan fingerprint density at radius 1 is 0.548 bits per heavy atom. The van der Waals surface area contributed by atoms with E-state index in [0.717, 1.165) is 103 Å². The van der Waals surface area contributed by atoms with Crippen LogP contribution in [0.2, 0.25) is 0 Å². The molecule has 4 heterocycles. The number of pyridine rings is 2. The number of nitrogens with zero attached hydrogens (tertiary/aromatic N) is 2. The molecule has 1 radical (unpaired) electrons. The average molecular weight is 993 g/mol. The Kier molecular flexibility index (Phi) is 14.1. The first kappa shape index (κ1) is 43.7. The van der Waals surface area contributed by atoms with Crippen LogP contribution >= 0.6 is 0 Å². The predicted molar refractivity (Wildman–Crippen MR) is 250 cm³/mol. The van der Waals surface area contributed by atoms with Crippen LogP contribution < -0.4 is 0 Å². The van der Waals surface area contributed by atoms with Gasteiger partial charge in [0.2, 0.25) is 0 Å². The van der Waals surface area contributed by atoms with E-state index in [1.165, 1.54) is 16.8 Å². The van der Waals surface area contributed by atoms with Crippen LogP contribution in [0.4, 0.5) is 0 Å². The maximum Gasteiger partial charge on any atom is 0.162 e. The molecule has 313 valence electrons. The molecular formula is C55H48IrN2O4-2. The Morgan fingerprint density at radius 3 is 1.42 bits per heavy atom. The van der Waals surface area contributed by atoms with Crippen molar-refractivity contribution >= 4 is 71.1 Å². The second-order valence-corrected chi connectivity index (χ2v) is 15.2. The molecule has 6 aromatic carbocycles. The number of ketones is 1. The van der Waals surface area contributed by atoms with E-state index in [-0.39, 0.29) is 43.5 Å². The van der Waals surface area contributed by atoms with Crippen LogP contribution in [0.15, 0.2) is 167 Å². The summed E-state index contributed by atoms with van der Waals surface area (Å²) in [5.74, 6) is 0.547. The number of hydrogen-bond donors (Lipinski definition) is 1. The summed E-state index contributed by atoms with van der Waals surface area (Å²) >= 11 is 0. The van der Waals surface area contributed by atoms with E-state index < -0.39 is 0 Å². The molecule has 0 amide bonds. The van der Waals surface area contributed by atoms with Crippen LogP contribution in [0.5, 0.6) is 0 Å². The molecule has 6 nitrogen and oxygen atoms in total. The van der Waals surface area contributed by atoms with Crippen molar-refractivity contribution in [2.75, 3.05) is 0 Å². The molecule has 0 aliphatic heterocycles. The molecule has 0 fully saturated rings. The fourth-order valence-electron chi connectivity index (χ4n) is 8.00. The first-order valence-corrected chi connectivity index (χ1v) is 21.2. The summed E-state index contributed by atoms with van der Waals surface area (Å²) in [7, 11) is 0. The van der Waals surface area contributed by atoms with E-state index in [1.807, 2.05) is 100 Å². The zero-order valence-electron chi connectivity index (χ0n) is 35.3. The van der Waals surface area contributed by atoms with Gasteiger partial charge < -0.3 is 13.9 Å². The van der Waals surface area contributed by atoms with E-state index in [0.29, 0.717) is 0 Å². The smallest absolute Gasteiger partial charge is 0.162 e. The summed E-state index contributed by atoms with van der Waals surface area (Å²) in [5.41, 5.74) is 7.16. The molecule has 0 unspecified atom stereocenters. The van der Waals surface area contributed by atoms with Gasteiger partial charge in [-0.2, -0.15) is 0 Å². The molecule has 0 saturated heterocycles. The second kappa shape index (κ2) is 20.0. The quantitative estimate of drug-likeness (QED) is 0.0880. The number of rotatable bonds is 9. The fraction of sp³-hybridized carbons (Fsp3) is 0.182. The number of furan rings is 2. The molecule has 0 bridgehead atoms. The molecule has 0 aliphatic rings. The van der Waals surface area contributed by atoms with Crippen molar-refractivity contribution in [3.8, 4) is 22.5 Å². The number of carbonyl (C=O) groups excluding carboxylic acids is 1. The van der Waals surface area contributed by atoms with Crippen molar-refractivity contribution in [3.63, 3.8) is 0 Å². The molecule has 0 spiro atoms. The Balaban J connectivity index is 0.000000143. The second-order valence-electron chi connectivity index (χ2n) is 15.2. The number of allylic oxidation sites excluding steroid dienone is 2. The molecule has 10 aromatic rings. The maximum atomic E-state index is 11.7. The number of benzene rings is 6. The number of para-hydroxylation sites is 2. The summed E-state index contributed by atoms with van der Waals surface area (Å²) in [6, 6.07) is 52.0. The first-order valence-electron chi connectivity index (χ1n) is 21.2. The predicted octanol–water partition coefficient (Wildman–Crippen LogP) is 15.1. The molecule has 0 saturated carbocycles. The Morgan fingerprint density at radius 2 is 0.968 bits per heavy atom. The zero-order valence-corrected chi connectivity index (χ0v) is 37.7. The third kappa shape index (κ3) is 9.11. The zero-order chi connectivity index (χ0) is 42.3. The van der Waals surface area contributed by atoms with E-state index in [1.54, 1.807) is 12.5 Å². The molecule has 0 atom stereocenters. The molecule has 10 rings (SSSR count). The van der Waals surface area contributed by atoms with Gasteiger partial charge in [0.15, 0.2) is 5.78 Å². The SMILES string of the molecule is CCC(CC)C(=O)/C=C(\O)C(CC)CC.[Ir].[c-]1c(-c2nc3ccccc3c3ccoc23)ccc2ccccc12.[c-]1c(-c2nc3ccccc3c3ccoc23)ccc2ccccc12. The fourth-order valence-corrected chi connectivity index (χ4v) is 8.00. The summed E-state index contributed by atoms with van der Waals surface area (Å²) in [6.45, 7) is 8.07. The van der Waals surface area contributed by atoms with Gasteiger partial charge in [0.25, 0.3) is 0 Å². The normalized spacial score (nSPS) is 11.5. The van der Waals surface area contributed by atoms with Gasteiger partial charge in [-0.1, -0.05) is 122 Å². The van der Waals surface area contributed by atoms with Crippen LogP contribution in [0.25, 0.3) is 87.8 Å². The number of hydrogen-bond acceptors (Lipinski definition) is 6. The summed E-state index contributed by atoms with van der Waals surface area (Å²) in [4.78, 5) is 21.4. The summed E-state index contributed by atoms with van der Waals surface area (Å²) in [5, 5.41) is 18.7. The Hall–Kier alpha value is -6.40. The van der Waals surface area contributed by atoms with Crippen LogP contribution in [-0.2, 0) is 24.9 Å². The number of aliphatic hydroxyl groups is 1. The van der Waals surface area contributed by atoms with Crippen molar-refractivity contribution in [1.82, 2.24) is 9.97 Å². The van der Waals surface area contributed by atoms with Crippen LogP contribution in [0.1, 0.15) is 53.4 Å². The van der Waals surface area contributed by atoms with Crippen molar-refractivity contribution in [2.45, 2.75) is 53.4 Å². The van der Waals surface area contributed by atoms with Gasteiger partial charge in [0.05, 0.1) is 29.3 Å². The number of aliphatic hydroxyl groups excluding tert-OH is 1. The Labute approximate surface area is 375 Å². The van der Waals surface area contributed by atoms with E-state index in [9.17, 15) is 9.90 Å². The van der Waals surface area contributed by atoms with Gasteiger partial charge in [0.1, 0.15) is 11.2 Å². The van der Waals surface area contributed by atoms with E-state index in [4.69, 9.17) is 18.8 Å². The topological polar surface area (TPSA) is 89.4 Å². The van der Waals surface area contributed by atoms with Crippen molar-refractivity contribution < 1.29 is 38.8 Å². The Bertz CT molecular complexity index is 2970. The van der Waals surface area contributed by atoms with Gasteiger partial charge in [-0.05, 0) is 49.9 Å². The van der Waals surface area contributed by atoms with Gasteiger partial charge in [-0.15, -0.1) is 59.3 Å². The van der Waals surface area contributed by atoms with Gasteiger partial charge in [0, 0.05) is 70.9 Å².